The van der Waals surface area contributed by atoms with Gasteiger partial charge in [0.1, 0.15) is 7.05 Å². The summed E-state index contributed by atoms with van der Waals surface area (Å²) in [6, 6.07) is 20.9. The largest absolute Gasteiger partial charge is 0.481 e. The highest BCUT2D eigenvalue weighted by atomic mass is 16.4. The summed E-state index contributed by atoms with van der Waals surface area (Å²) in [4.78, 5) is 26.1. The predicted octanol–water partition coefficient (Wildman–Crippen LogP) is 7.57. The number of nitrogens with one attached hydrogen (secondary N) is 1. The van der Waals surface area contributed by atoms with Gasteiger partial charge in [0, 0.05) is 41.6 Å². The summed E-state index contributed by atoms with van der Waals surface area (Å²) in [6.45, 7) is 10.7. The SMILES string of the molecule is CC(N)NC(=O)Cc1ccc2ccc3c(c2c1)C(C)(C)C(/C=C/C=C/C=C/C=C1/N(C)c2ccc4ccc(CC(=O)O)cc4c2C1(C)C)=[N+]3C. The number of nitrogens with zero attached hydrogens (tertiary/aromatic N) is 2. The van der Waals surface area contributed by atoms with Crippen LogP contribution in [0.3, 0.4) is 0 Å². The molecule has 6 rings (SSSR count). The van der Waals surface area contributed by atoms with E-state index in [1.807, 2.05) is 36.4 Å². The lowest BCUT2D eigenvalue weighted by molar-refractivity contribution is -0.401. The molecule has 1 unspecified atom stereocenters. The molecule has 1 amide bonds. The molecular weight excluding hydrogens is 620 g/mol. The molecule has 50 heavy (non-hydrogen) atoms. The lowest BCUT2D eigenvalue weighted by atomic mass is 9.78. The number of likely N-dealkylation sites (N-methyl/N-ethyl adjacent to an activating group) is 1. The van der Waals surface area contributed by atoms with Gasteiger partial charge in [-0.25, -0.2) is 0 Å². The molecule has 0 spiro atoms. The van der Waals surface area contributed by atoms with Crippen LogP contribution >= 0.6 is 0 Å². The zero-order valence-electron chi connectivity index (χ0n) is 30.0. The molecule has 7 heteroatoms. The van der Waals surface area contributed by atoms with Gasteiger partial charge in [-0.1, -0.05) is 86.7 Å². The maximum absolute atomic E-state index is 12.4. The summed E-state index contributed by atoms with van der Waals surface area (Å²) >= 11 is 0. The highest BCUT2D eigenvalue weighted by Crippen LogP contribution is 2.50. The molecule has 0 bridgehead atoms. The number of carbonyl (C=O) groups excluding carboxylic acids is 1. The predicted molar refractivity (Wildman–Crippen MR) is 206 cm³/mol. The van der Waals surface area contributed by atoms with Gasteiger partial charge in [0.15, 0.2) is 5.71 Å². The summed E-state index contributed by atoms with van der Waals surface area (Å²) in [5, 5.41) is 16.7. The Morgan fingerprint density at radius 1 is 0.840 bits per heavy atom. The third kappa shape index (κ3) is 6.29. The maximum atomic E-state index is 12.4. The molecular formula is C43H47N4O3+. The Labute approximate surface area is 294 Å². The summed E-state index contributed by atoms with van der Waals surface area (Å²) in [6.07, 6.45) is 14.6. The van der Waals surface area contributed by atoms with Crippen LogP contribution in [-0.4, -0.2) is 47.5 Å². The molecule has 0 aliphatic carbocycles. The summed E-state index contributed by atoms with van der Waals surface area (Å²) in [7, 11) is 4.21. The van der Waals surface area contributed by atoms with Crippen molar-refractivity contribution in [2.75, 3.05) is 19.0 Å². The molecule has 256 valence electrons. The monoisotopic (exact) mass is 667 g/mol. The van der Waals surface area contributed by atoms with Crippen molar-refractivity contribution >= 4 is 50.5 Å². The number of aliphatic carboxylic acids is 1. The number of allylic oxidation sites excluding steroid dienone is 8. The van der Waals surface area contributed by atoms with Crippen LogP contribution in [0.2, 0.25) is 0 Å². The lowest BCUT2D eigenvalue weighted by Crippen LogP contribution is -2.39. The van der Waals surface area contributed by atoms with Crippen molar-refractivity contribution in [3.8, 4) is 0 Å². The smallest absolute Gasteiger partial charge is 0.307 e. The van der Waals surface area contributed by atoms with Gasteiger partial charge in [-0.15, -0.1) is 0 Å². The zero-order chi connectivity index (χ0) is 36.0. The minimum Gasteiger partial charge on any atom is -0.481 e. The quantitative estimate of drug-likeness (QED) is 0.0972. The zero-order valence-corrected chi connectivity index (χ0v) is 30.0. The van der Waals surface area contributed by atoms with E-state index in [9.17, 15) is 14.7 Å². The fourth-order valence-electron chi connectivity index (χ4n) is 7.95. The first-order valence-electron chi connectivity index (χ1n) is 17.2. The van der Waals surface area contributed by atoms with Gasteiger partial charge in [0.2, 0.25) is 11.6 Å². The molecule has 7 nitrogen and oxygen atoms in total. The number of hydrogen-bond donors (Lipinski definition) is 3. The maximum Gasteiger partial charge on any atom is 0.307 e. The van der Waals surface area contributed by atoms with Gasteiger partial charge in [0.25, 0.3) is 0 Å². The number of anilines is 1. The van der Waals surface area contributed by atoms with Gasteiger partial charge in [-0.2, -0.15) is 4.58 Å². The van der Waals surface area contributed by atoms with Crippen LogP contribution < -0.4 is 16.0 Å². The molecule has 2 aliphatic rings. The Morgan fingerprint density at radius 3 is 2.08 bits per heavy atom. The number of rotatable bonds is 9. The van der Waals surface area contributed by atoms with Gasteiger partial charge >= 0.3 is 5.97 Å². The summed E-state index contributed by atoms with van der Waals surface area (Å²) in [5.74, 6) is -0.907. The van der Waals surface area contributed by atoms with Gasteiger partial charge in [-0.3, -0.25) is 9.59 Å². The first-order valence-corrected chi connectivity index (χ1v) is 17.2. The van der Waals surface area contributed by atoms with Crippen LogP contribution in [0.4, 0.5) is 11.4 Å². The Bertz CT molecular complexity index is 2200. The van der Waals surface area contributed by atoms with Gasteiger partial charge < -0.3 is 21.1 Å². The number of carboxylic acids is 1. The van der Waals surface area contributed by atoms with Crippen molar-refractivity contribution in [3.05, 3.63) is 131 Å². The Balaban J connectivity index is 1.20. The van der Waals surface area contributed by atoms with Crippen molar-refractivity contribution in [1.82, 2.24) is 5.32 Å². The minimum absolute atomic E-state index is 0.0104. The van der Waals surface area contributed by atoms with Crippen LogP contribution in [0.1, 0.15) is 56.9 Å². The Morgan fingerprint density at radius 2 is 1.42 bits per heavy atom. The second kappa shape index (κ2) is 13.2. The van der Waals surface area contributed by atoms with Crippen molar-refractivity contribution in [3.63, 3.8) is 0 Å². The van der Waals surface area contributed by atoms with Gasteiger partial charge in [-0.05, 0) is 77.2 Å². The highest BCUT2D eigenvalue weighted by molar-refractivity contribution is 6.08. The van der Waals surface area contributed by atoms with E-state index in [1.54, 1.807) is 6.92 Å². The van der Waals surface area contributed by atoms with E-state index in [0.29, 0.717) is 0 Å². The Hall–Kier alpha value is -5.27. The normalized spacial score (nSPS) is 17.9. The molecule has 0 fully saturated rings. The second-order valence-electron chi connectivity index (χ2n) is 14.6. The van der Waals surface area contributed by atoms with E-state index >= 15 is 0 Å². The van der Waals surface area contributed by atoms with Crippen LogP contribution in [0.15, 0.2) is 109 Å². The fraction of sp³-hybridized carbons (Fsp3) is 0.279. The molecule has 4 aromatic rings. The van der Waals surface area contributed by atoms with Crippen LogP contribution in [-0.2, 0) is 33.3 Å². The molecule has 4 N–H and O–H groups in total. The van der Waals surface area contributed by atoms with E-state index in [0.717, 1.165) is 38.4 Å². The topological polar surface area (TPSA) is 98.7 Å². The summed E-state index contributed by atoms with van der Waals surface area (Å²) in [5.41, 5.74) is 14.2. The molecule has 0 aromatic heterocycles. The van der Waals surface area contributed by atoms with E-state index in [-0.39, 0.29) is 35.7 Å². The number of fused-ring (bicyclic) bond motifs is 6. The van der Waals surface area contributed by atoms with Crippen molar-refractivity contribution in [2.24, 2.45) is 5.73 Å². The van der Waals surface area contributed by atoms with E-state index < -0.39 is 5.97 Å². The van der Waals surface area contributed by atoms with E-state index in [2.05, 4.69) is 123 Å². The number of carbonyl (C=O) groups is 2. The van der Waals surface area contributed by atoms with Crippen molar-refractivity contribution < 1.29 is 19.3 Å². The fourth-order valence-corrected chi connectivity index (χ4v) is 7.95. The molecule has 2 aliphatic heterocycles. The first-order chi connectivity index (χ1) is 23.7. The third-order valence-electron chi connectivity index (χ3n) is 10.2. The highest BCUT2D eigenvalue weighted by Gasteiger charge is 2.44. The number of benzene rings is 4. The van der Waals surface area contributed by atoms with Crippen LogP contribution in [0, 0.1) is 0 Å². The standard InChI is InChI=1S/C43H46N4O3/c1-27(44)45-38(48)25-28-15-17-30-19-21-34-40(32(30)23-28)42(2,3)36(46(34)6)13-11-9-8-10-12-14-37-43(4,5)41-33-24-29(26-39(49)50)16-18-31(33)20-22-35(41)47(37)7/h8-24,27H,25-26,44H2,1-7H3,(H-,45,48,49,50)/p+1. The van der Waals surface area contributed by atoms with Crippen LogP contribution in [0.5, 0.6) is 0 Å². The molecule has 0 radical (unpaired) electrons. The third-order valence-corrected chi connectivity index (χ3v) is 10.2. The molecule has 4 aromatic carbocycles. The second-order valence-corrected chi connectivity index (χ2v) is 14.6. The molecule has 2 heterocycles. The molecule has 0 saturated carbocycles. The van der Waals surface area contributed by atoms with E-state index in [4.69, 9.17) is 5.73 Å². The number of amides is 1. The average molecular weight is 668 g/mol. The molecule has 0 saturated heterocycles. The average Bonchev–Trinajstić information content (AvgIpc) is 3.36. The van der Waals surface area contributed by atoms with Crippen molar-refractivity contribution in [1.29, 1.82) is 0 Å². The first kappa shape index (κ1) is 34.6. The summed E-state index contributed by atoms with van der Waals surface area (Å²) < 4.78 is 2.26. The van der Waals surface area contributed by atoms with Crippen LogP contribution in [0.25, 0.3) is 21.5 Å². The number of carboxylic acid groups (broad SMARTS) is 1. The minimum atomic E-state index is -0.825. The van der Waals surface area contributed by atoms with Crippen molar-refractivity contribution in [2.45, 2.75) is 64.5 Å². The lowest BCUT2D eigenvalue weighted by Gasteiger charge is -2.24. The molecule has 1 atom stereocenters. The number of hydrogen-bond acceptors (Lipinski definition) is 4. The van der Waals surface area contributed by atoms with E-state index in [1.165, 1.54) is 28.2 Å². The number of nitrogens with two attached hydrogens (primary N) is 1. The van der Waals surface area contributed by atoms with Gasteiger partial charge in [0.05, 0.1) is 24.4 Å². The Kier molecular flexibility index (Phi) is 9.14.